The molecule has 11 heteroatoms. The molecule has 3 atom stereocenters. The lowest BCUT2D eigenvalue weighted by atomic mass is 9.94. The summed E-state index contributed by atoms with van der Waals surface area (Å²) in [5.41, 5.74) is 7.07. The first-order valence-electron chi connectivity index (χ1n) is 11.4. The summed E-state index contributed by atoms with van der Waals surface area (Å²) in [5.74, 6) is 2.29. The van der Waals surface area contributed by atoms with Crippen molar-refractivity contribution in [1.29, 1.82) is 0 Å². The molecule has 2 N–H and O–H groups in total. The smallest absolute Gasteiger partial charge is 0.249 e. The van der Waals surface area contributed by atoms with E-state index in [1.54, 1.807) is 6.07 Å². The van der Waals surface area contributed by atoms with Crippen molar-refractivity contribution >= 4 is 33.3 Å². The molecule has 188 valence electrons. The van der Waals surface area contributed by atoms with Crippen molar-refractivity contribution < 1.29 is 12.8 Å². The van der Waals surface area contributed by atoms with Crippen LogP contribution in [0.25, 0.3) is 11.5 Å². The number of hydrogen-bond donors (Lipinski definition) is 1. The molecule has 0 amide bonds. The Bertz CT molecular complexity index is 1310. The molecule has 35 heavy (non-hydrogen) atoms. The number of pyridine rings is 1. The predicted molar refractivity (Wildman–Crippen MR) is 138 cm³/mol. The van der Waals surface area contributed by atoms with Gasteiger partial charge in [-0.3, -0.25) is 4.31 Å². The van der Waals surface area contributed by atoms with Crippen LogP contribution in [-0.2, 0) is 22.0 Å². The Morgan fingerprint density at radius 1 is 1.23 bits per heavy atom. The van der Waals surface area contributed by atoms with E-state index in [-0.39, 0.29) is 22.6 Å². The molecule has 0 spiro atoms. The van der Waals surface area contributed by atoms with Crippen LogP contribution in [-0.4, -0.2) is 50.5 Å². The van der Waals surface area contributed by atoms with E-state index in [4.69, 9.17) is 21.8 Å². The highest BCUT2D eigenvalue weighted by Crippen LogP contribution is 2.41. The lowest BCUT2D eigenvalue weighted by Gasteiger charge is -2.23. The van der Waals surface area contributed by atoms with Gasteiger partial charge in [-0.15, -0.1) is 10.2 Å². The predicted octanol–water partition coefficient (Wildman–Crippen LogP) is 3.69. The SMILES string of the molecule is CC1CC1CN(C)c1cc(-c2nnc([C@](C)(N)Cc3ccccc3)o2)c(Cl)c(N(C)S(C)(=O)=O)n1. The number of hydrogen-bond acceptors (Lipinski definition) is 8. The lowest BCUT2D eigenvalue weighted by molar-refractivity contribution is 0.355. The summed E-state index contributed by atoms with van der Waals surface area (Å²) in [6.45, 7) is 4.83. The molecule has 4 rings (SSSR count). The van der Waals surface area contributed by atoms with E-state index in [9.17, 15) is 8.42 Å². The van der Waals surface area contributed by atoms with E-state index in [2.05, 4.69) is 22.1 Å². The van der Waals surface area contributed by atoms with Gasteiger partial charge in [0.05, 0.1) is 22.4 Å². The van der Waals surface area contributed by atoms with Crippen molar-refractivity contribution in [2.45, 2.75) is 32.2 Å². The van der Waals surface area contributed by atoms with Gasteiger partial charge in [-0.2, -0.15) is 0 Å². The fraction of sp³-hybridized carbons (Fsp3) is 0.458. The van der Waals surface area contributed by atoms with Gasteiger partial charge in [0.2, 0.25) is 21.8 Å². The standard InChI is InChI=1S/C24H31ClN6O3S/c1-15-11-17(15)14-30(3)19-12-18(20(25)21(27-19)31(4)35(5,32)33)22-28-29-23(34-22)24(2,26)13-16-9-7-6-8-10-16/h6-10,12,15,17H,11,13-14,26H2,1-5H3/t15?,17?,24-/m1/s1. The molecular formula is C24H31ClN6O3S. The second kappa shape index (κ2) is 9.40. The summed E-state index contributed by atoms with van der Waals surface area (Å²) in [6, 6.07) is 11.5. The number of anilines is 2. The number of nitrogens with zero attached hydrogens (tertiary/aromatic N) is 5. The van der Waals surface area contributed by atoms with Gasteiger partial charge in [0.1, 0.15) is 5.82 Å². The first-order chi connectivity index (χ1) is 16.4. The molecule has 2 unspecified atom stereocenters. The average molecular weight is 519 g/mol. The highest BCUT2D eigenvalue weighted by atomic mass is 35.5. The van der Waals surface area contributed by atoms with E-state index < -0.39 is 15.6 Å². The van der Waals surface area contributed by atoms with Gasteiger partial charge in [0.15, 0.2) is 5.82 Å². The third kappa shape index (κ3) is 5.60. The summed E-state index contributed by atoms with van der Waals surface area (Å²) in [6.07, 6.45) is 2.75. The zero-order valence-corrected chi connectivity index (χ0v) is 22.1. The van der Waals surface area contributed by atoms with Crippen molar-refractivity contribution in [1.82, 2.24) is 15.2 Å². The van der Waals surface area contributed by atoms with Crippen molar-refractivity contribution in [2.24, 2.45) is 17.6 Å². The number of aromatic nitrogens is 3. The molecule has 3 aromatic rings. The van der Waals surface area contributed by atoms with Gasteiger partial charge in [0, 0.05) is 20.6 Å². The Morgan fingerprint density at radius 3 is 2.49 bits per heavy atom. The van der Waals surface area contributed by atoms with Gasteiger partial charge < -0.3 is 15.1 Å². The summed E-state index contributed by atoms with van der Waals surface area (Å²) in [5, 5.41) is 8.51. The zero-order chi connectivity index (χ0) is 25.5. The van der Waals surface area contributed by atoms with Crippen molar-refractivity contribution in [3.63, 3.8) is 0 Å². The fourth-order valence-electron chi connectivity index (χ4n) is 3.98. The Kier molecular flexibility index (Phi) is 6.82. The first kappa shape index (κ1) is 25.4. The Morgan fingerprint density at radius 2 is 1.89 bits per heavy atom. The molecule has 1 saturated carbocycles. The minimum absolute atomic E-state index is 0.0944. The van der Waals surface area contributed by atoms with Crippen LogP contribution in [0.5, 0.6) is 0 Å². The van der Waals surface area contributed by atoms with E-state index in [0.29, 0.717) is 29.6 Å². The Hall–Kier alpha value is -2.69. The number of sulfonamides is 1. The average Bonchev–Trinajstić information content (AvgIpc) is 3.25. The molecule has 1 aliphatic rings. The highest BCUT2D eigenvalue weighted by molar-refractivity contribution is 7.92. The van der Waals surface area contributed by atoms with Crippen molar-refractivity contribution in [2.75, 3.05) is 36.1 Å². The van der Waals surface area contributed by atoms with Crippen LogP contribution in [0.1, 0.15) is 31.7 Å². The van der Waals surface area contributed by atoms with Crippen molar-refractivity contribution in [3.8, 4) is 11.5 Å². The monoisotopic (exact) mass is 518 g/mol. The molecule has 1 aliphatic carbocycles. The van der Waals surface area contributed by atoms with Crippen LogP contribution in [0.3, 0.4) is 0 Å². The highest BCUT2D eigenvalue weighted by Gasteiger charge is 2.34. The number of rotatable bonds is 9. The van der Waals surface area contributed by atoms with Gasteiger partial charge >= 0.3 is 0 Å². The molecule has 1 aromatic carbocycles. The fourth-order valence-corrected chi connectivity index (χ4v) is 4.78. The second-order valence-corrected chi connectivity index (χ2v) is 12.1. The maximum atomic E-state index is 12.3. The van der Waals surface area contributed by atoms with Gasteiger partial charge in [-0.05, 0) is 43.2 Å². The number of benzene rings is 1. The Labute approximate surface area is 211 Å². The van der Waals surface area contributed by atoms with Gasteiger partial charge in [-0.25, -0.2) is 13.4 Å². The molecule has 2 aromatic heterocycles. The molecule has 0 bridgehead atoms. The van der Waals surface area contributed by atoms with E-state index >= 15 is 0 Å². The number of halogens is 1. The van der Waals surface area contributed by atoms with Crippen LogP contribution in [0.15, 0.2) is 40.8 Å². The van der Waals surface area contributed by atoms with Crippen LogP contribution < -0.4 is 14.9 Å². The Balaban J connectivity index is 1.73. The summed E-state index contributed by atoms with van der Waals surface area (Å²) < 4.78 is 31.7. The molecule has 2 heterocycles. The minimum Gasteiger partial charge on any atom is -0.419 e. The third-order valence-corrected chi connectivity index (χ3v) is 8.00. The van der Waals surface area contributed by atoms with E-state index in [0.717, 1.165) is 29.1 Å². The summed E-state index contributed by atoms with van der Waals surface area (Å²) in [7, 11) is -0.276. The quantitative estimate of drug-likeness (QED) is 0.455. The topological polar surface area (TPSA) is 118 Å². The van der Waals surface area contributed by atoms with Crippen LogP contribution >= 0.6 is 11.6 Å². The largest absolute Gasteiger partial charge is 0.419 e. The van der Waals surface area contributed by atoms with Gasteiger partial charge in [-0.1, -0.05) is 48.9 Å². The molecule has 0 radical (unpaired) electrons. The molecule has 1 fully saturated rings. The number of nitrogens with two attached hydrogens (primary N) is 1. The molecule has 0 saturated heterocycles. The van der Waals surface area contributed by atoms with Gasteiger partial charge in [0.25, 0.3) is 0 Å². The second-order valence-electron chi connectivity index (χ2n) is 9.74. The maximum Gasteiger partial charge on any atom is 0.249 e. The third-order valence-electron chi connectivity index (χ3n) is 6.46. The van der Waals surface area contributed by atoms with Crippen molar-refractivity contribution in [3.05, 3.63) is 52.9 Å². The van der Waals surface area contributed by atoms with Crippen LogP contribution in [0.2, 0.25) is 5.02 Å². The zero-order valence-electron chi connectivity index (χ0n) is 20.6. The minimum atomic E-state index is -3.61. The molecule has 9 nitrogen and oxygen atoms in total. The van der Waals surface area contributed by atoms with Crippen LogP contribution in [0.4, 0.5) is 11.6 Å². The normalized spacial score (nSPS) is 19.3. The van der Waals surface area contributed by atoms with E-state index in [1.165, 1.54) is 7.05 Å². The first-order valence-corrected chi connectivity index (χ1v) is 13.6. The lowest BCUT2D eigenvalue weighted by Crippen LogP contribution is -2.35. The summed E-state index contributed by atoms with van der Waals surface area (Å²) >= 11 is 6.67. The molecular weight excluding hydrogens is 488 g/mol. The molecule has 0 aliphatic heterocycles. The van der Waals surface area contributed by atoms with E-state index in [1.807, 2.05) is 49.2 Å². The summed E-state index contributed by atoms with van der Waals surface area (Å²) in [4.78, 5) is 6.56. The maximum absolute atomic E-state index is 12.3. The van der Waals surface area contributed by atoms with Crippen LogP contribution in [0, 0.1) is 11.8 Å².